The van der Waals surface area contributed by atoms with Gasteiger partial charge in [-0.05, 0) is 67.8 Å². The summed E-state index contributed by atoms with van der Waals surface area (Å²) in [6, 6.07) is 34.0. The van der Waals surface area contributed by atoms with Gasteiger partial charge >= 0.3 is 0 Å². The van der Waals surface area contributed by atoms with Crippen LogP contribution >= 0.6 is 0 Å². The fourth-order valence-corrected chi connectivity index (χ4v) is 5.02. The van der Waals surface area contributed by atoms with E-state index in [1.54, 1.807) is 15.5 Å². The van der Waals surface area contributed by atoms with Gasteiger partial charge in [0.25, 0.3) is 5.56 Å². The normalized spacial score (nSPS) is 11.8. The first kappa shape index (κ1) is 28.8. The maximum atomic E-state index is 13.9. The Labute approximate surface area is 246 Å². The number of nitrogens with zero attached hydrogens (tertiary/aromatic N) is 3. The van der Waals surface area contributed by atoms with Crippen LogP contribution in [0.2, 0.25) is 0 Å². The number of hydrogen-bond acceptors (Lipinski definition) is 5. The van der Waals surface area contributed by atoms with Crippen LogP contribution in [0.15, 0.2) is 114 Å². The van der Waals surface area contributed by atoms with Gasteiger partial charge in [-0.25, -0.2) is 4.98 Å². The highest BCUT2D eigenvalue weighted by Crippen LogP contribution is 2.25. The van der Waals surface area contributed by atoms with E-state index in [1.807, 2.05) is 117 Å². The maximum Gasteiger partial charge on any atom is 0.266 e. The number of ether oxygens (including phenoxy) is 2. The van der Waals surface area contributed by atoms with Crippen molar-refractivity contribution in [1.29, 1.82) is 0 Å². The zero-order chi connectivity index (χ0) is 29.3. The average Bonchev–Trinajstić information content (AvgIpc) is 3.03. The van der Waals surface area contributed by atoms with Crippen molar-refractivity contribution in [3.63, 3.8) is 0 Å². The number of aromatic nitrogens is 2. The van der Waals surface area contributed by atoms with E-state index in [-0.39, 0.29) is 18.1 Å². The molecule has 0 saturated carbocycles. The number of fused-ring (bicyclic) bond motifs is 1. The molecule has 0 bridgehead atoms. The summed E-state index contributed by atoms with van der Waals surface area (Å²) >= 11 is 0. The van der Waals surface area contributed by atoms with Gasteiger partial charge in [-0.15, -0.1) is 0 Å². The largest absolute Gasteiger partial charge is 0.494 e. The molecule has 1 amide bonds. The third kappa shape index (κ3) is 6.75. The summed E-state index contributed by atoms with van der Waals surface area (Å²) < 4.78 is 13.1. The fraction of sp³-hybridized carbons (Fsp3) is 0.229. The molecule has 1 heterocycles. The molecular formula is C35H35N3O4. The van der Waals surface area contributed by atoms with Gasteiger partial charge in [-0.2, -0.15) is 0 Å². The van der Waals surface area contributed by atoms with E-state index in [1.165, 1.54) is 0 Å². The second-order valence-corrected chi connectivity index (χ2v) is 10.0. The van der Waals surface area contributed by atoms with Gasteiger partial charge in [-0.1, -0.05) is 72.8 Å². The predicted molar refractivity (Wildman–Crippen MR) is 165 cm³/mol. The number of rotatable bonds is 12. The van der Waals surface area contributed by atoms with E-state index >= 15 is 0 Å². The van der Waals surface area contributed by atoms with Crippen LogP contribution in [-0.2, 0) is 22.6 Å². The molecule has 0 N–H and O–H groups in total. The van der Waals surface area contributed by atoms with Crippen LogP contribution < -0.4 is 10.3 Å². The summed E-state index contributed by atoms with van der Waals surface area (Å²) in [6.07, 6.45) is 0.649. The van der Waals surface area contributed by atoms with Crippen molar-refractivity contribution >= 4 is 16.8 Å². The molecule has 7 heteroatoms. The van der Waals surface area contributed by atoms with Crippen molar-refractivity contribution < 1.29 is 14.3 Å². The van der Waals surface area contributed by atoms with Gasteiger partial charge in [0.05, 0.1) is 35.8 Å². The maximum absolute atomic E-state index is 13.9. The Morgan fingerprint density at radius 1 is 0.857 bits per heavy atom. The topological polar surface area (TPSA) is 73.7 Å². The fourth-order valence-electron chi connectivity index (χ4n) is 5.02. The zero-order valence-corrected chi connectivity index (χ0v) is 24.0. The third-order valence-electron chi connectivity index (χ3n) is 7.19. The lowest BCUT2D eigenvalue weighted by molar-refractivity contribution is -0.139. The molecule has 0 aliphatic rings. The zero-order valence-electron chi connectivity index (χ0n) is 24.0. The number of para-hydroxylation sites is 1. The summed E-state index contributed by atoms with van der Waals surface area (Å²) in [4.78, 5) is 34.4. The molecule has 0 fully saturated rings. The molecule has 7 nitrogen and oxygen atoms in total. The van der Waals surface area contributed by atoms with Crippen LogP contribution in [0.4, 0.5) is 0 Å². The first-order valence-corrected chi connectivity index (χ1v) is 14.2. The standard InChI is InChI=1S/C35H35N3O4/c1-3-42-30-20-18-29(19-21-30)38-34(36-32-17-11-10-16-31(32)35(38)40)26(2)37(23-22-27-12-6-4-7-13-27)33(39)25-41-24-28-14-8-5-9-15-28/h4-21,26H,3,22-25H2,1-2H3. The van der Waals surface area contributed by atoms with E-state index in [0.29, 0.717) is 54.3 Å². The number of benzene rings is 4. The van der Waals surface area contributed by atoms with Crippen molar-refractivity contribution in [3.05, 3.63) is 136 Å². The summed E-state index contributed by atoms with van der Waals surface area (Å²) in [5, 5.41) is 0.510. The molecule has 0 aliphatic heterocycles. The van der Waals surface area contributed by atoms with Gasteiger partial charge < -0.3 is 14.4 Å². The highest BCUT2D eigenvalue weighted by Gasteiger charge is 2.27. The first-order valence-electron chi connectivity index (χ1n) is 14.2. The number of amides is 1. The minimum Gasteiger partial charge on any atom is -0.494 e. The Hall–Kier alpha value is -4.75. The Morgan fingerprint density at radius 3 is 2.19 bits per heavy atom. The van der Waals surface area contributed by atoms with Gasteiger partial charge in [-0.3, -0.25) is 14.2 Å². The van der Waals surface area contributed by atoms with E-state index in [0.717, 1.165) is 11.1 Å². The monoisotopic (exact) mass is 561 g/mol. The molecule has 214 valence electrons. The van der Waals surface area contributed by atoms with E-state index in [2.05, 4.69) is 0 Å². The molecule has 42 heavy (non-hydrogen) atoms. The van der Waals surface area contributed by atoms with Crippen molar-refractivity contribution in [2.24, 2.45) is 0 Å². The molecule has 4 aromatic carbocycles. The van der Waals surface area contributed by atoms with Gasteiger partial charge in [0.1, 0.15) is 18.2 Å². The Bertz CT molecular complexity index is 1670. The third-order valence-corrected chi connectivity index (χ3v) is 7.19. The number of carbonyl (C=O) groups is 1. The van der Waals surface area contributed by atoms with Crippen LogP contribution in [0.1, 0.15) is 36.8 Å². The first-order chi connectivity index (χ1) is 20.5. The summed E-state index contributed by atoms with van der Waals surface area (Å²) in [5.74, 6) is 1.02. The van der Waals surface area contributed by atoms with E-state index in [9.17, 15) is 9.59 Å². The van der Waals surface area contributed by atoms with Crippen molar-refractivity contribution in [2.75, 3.05) is 19.8 Å². The van der Waals surface area contributed by atoms with Crippen LogP contribution in [-0.4, -0.2) is 40.1 Å². The molecule has 5 aromatic rings. The molecule has 5 rings (SSSR count). The van der Waals surface area contributed by atoms with Crippen LogP contribution in [0, 0.1) is 0 Å². The van der Waals surface area contributed by atoms with E-state index in [4.69, 9.17) is 14.5 Å². The Morgan fingerprint density at radius 2 is 1.50 bits per heavy atom. The SMILES string of the molecule is CCOc1ccc(-n2c(C(C)N(CCc3ccccc3)C(=O)COCc3ccccc3)nc3ccccc3c2=O)cc1. The van der Waals surface area contributed by atoms with Crippen molar-refractivity contribution in [3.8, 4) is 11.4 Å². The predicted octanol–water partition coefficient (Wildman–Crippen LogP) is 6.13. The molecule has 0 aliphatic carbocycles. The van der Waals surface area contributed by atoms with Crippen molar-refractivity contribution in [1.82, 2.24) is 14.5 Å². The van der Waals surface area contributed by atoms with Crippen LogP contribution in [0.25, 0.3) is 16.6 Å². The second kappa shape index (κ2) is 13.7. The summed E-state index contributed by atoms with van der Waals surface area (Å²) in [7, 11) is 0. The lowest BCUT2D eigenvalue weighted by atomic mass is 10.1. The lowest BCUT2D eigenvalue weighted by Gasteiger charge is -2.31. The molecule has 1 unspecified atom stereocenters. The molecule has 0 radical (unpaired) electrons. The Balaban J connectivity index is 1.51. The molecular weight excluding hydrogens is 526 g/mol. The highest BCUT2D eigenvalue weighted by molar-refractivity contribution is 5.79. The number of carbonyl (C=O) groups excluding carboxylic acids is 1. The minimum absolute atomic E-state index is 0.0884. The van der Waals surface area contributed by atoms with Gasteiger partial charge in [0.15, 0.2) is 0 Å². The molecule has 0 spiro atoms. The summed E-state index contributed by atoms with van der Waals surface area (Å²) in [6.45, 7) is 5.07. The minimum atomic E-state index is -0.523. The highest BCUT2D eigenvalue weighted by atomic mass is 16.5. The molecule has 1 atom stereocenters. The smallest absolute Gasteiger partial charge is 0.266 e. The summed E-state index contributed by atoms with van der Waals surface area (Å²) in [5.41, 5.74) is 3.15. The number of hydrogen-bond donors (Lipinski definition) is 0. The van der Waals surface area contributed by atoms with E-state index < -0.39 is 6.04 Å². The van der Waals surface area contributed by atoms with Gasteiger partial charge in [0.2, 0.25) is 5.91 Å². The van der Waals surface area contributed by atoms with Crippen LogP contribution in [0.5, 0.6) is 5.75 Å². The molecule has 1 aromatic heterocycles. The van der Waals surface area contributed by atoms with Crippen molar-refractivity contribution in [2.45, 2.75) is 32.9 Å². The second-order valence-electron chi connectivity index (χ2n) is 10.0. The average molecular weight is 562 g/mol. The molecule has 0 saturated heterocycles. The Kier molecular flexibility index (Phi) is 9.41. The van der Waals surface area contributed by atoms with Gasteiger partial charge in [0, 0.05) is 6.54 Å². The quantitative estimate of drug-likeness (QED) is 0.183. The van der Waals surface area contributed by atoms with Crippen LogP contribution in [0.3, 0.4) is 0 Å². The lowest BCUT2D eigenvalue weighted by Crippen LogP contribution is -2.40.